The van der Waals surface area contributed by atoms with Crippen molar-refractivity contribution in [1.29, 1.82) is 0 Å². The molecule has 0 unspecified atom stereocenters. The Labute approximate surface area is 104 Å². The zero-order chi connectivity index (χ0) is 12.4. The Balaban J connectivity index is 2.02. The lowest BCUT2D eigenvalue weighted by Crippen LogP contribution is -1.86. The lowest BCUT2D eigenvalue weighted by atomic mass is 10.1. The fourth-order valence-corrected chi connectivity index (χ4v) is 1.91. The highest BCUT2D eigenvalue weighted by atomic mass is 16.5. The highest BCUT2D eigenvalue weighted by molar-refractivity contribution is 5.83. The van der Waals surface area contributed by atoms with E-state index in [-0.39, 0.29) is 6.61 Å². The quantitative estimate of drug-likeness (QED) is 0.763. The Kier molecular flexibility index (Phi) is 2.78. The minimum Gasteiger partial charge on any atom is -0.396 e. The van der Waals surface area contributed by atoms with Crippen LogP contribution < -0.4 is 0 Å². The maximum Gasteiger partial charge on any atom is 0.139 e. The molecule has 3 rings (SSSR count). The molecule has 0 spiro atoms. The molecule has 2 aromatic heterocycles. The van der Waals surface area contributed by atoms with Crippen LogP contribution in [0.5, 0.6) is 0 Å². The molecular formula is C14H12N2O2. The van der Waals surface area contributed by atoms with Crippen molar-refractivity contribution in [3.63, 3.8) is 0 Å². The average molecular weight is 240 g/mol. The minimum absolute atomic E-state index is 0.0657. The smallest absolute Gasteiger partial charge is 0.139 e. The van der Waals surface area contributed by atoms with Crippen LogP contribution in [0.1, 0.15) is 5.76 Å². The highest BCUT2D eigenvalue weighted by Gasteiger charge is 2.06. The number of aliphatic hydroxyl groups excluding tert-OH is 1. The lowest BCUT2D eigenvalue weighted by Gasteiger charge is -1.99. The van der Waals surface area contributed by atoms with E-state index in [0.717, 1.165) is 22.2 Å². The van der Waals surface area contributed by atoms with Crippen LogP contribution in [-0.2, 0) is 6.42 Å². The zero-order valence-electron chi connectivity index (χ0n) is 9.71. The van der Waals surface area contributed by atoms with Gasteiger partial charge in [-0.15, -0.1) is 0 Å². The van der Waals surface area contributed by atoms with Gasteiger partial charge in [0.2, 0.25) is 0 Å². The van der Waals surface area contributed by atoms with Crippen molar-refractivity contribution < 1.29 is 9.63 Å². The highest BCUT2D eigenvalue weighted by Crippen LogP contribution is 2.23. The molecule has 0 fully saturated rings. The van der Waals surface area contributed by atoms with Crippen molar-refractivity contribution in [2.45, 2.75) is 6.42 Å². The van der Waals surface area contributed by atoms with E-state index in [4.69, 9.17) is 9.63 Å². The van der Waals surface area contributed by atoms with E-state index in [9.17, 15) is 0 Å². The van der Waals surface area contributed by atoms with Gasteiger partial charge in [-0.3, -0.25) is 4.98 Å². The summed E-state index contributed by atoms with van der Waals surface area (Å²) in [6.07, 6.45) is 2.26. The van der Waals surface area contributed by atoms with Crippen LogP contribution in [0.2, 0.25) is 0 Å². The van der Waals surface area contributed by atoms with Gasteiger partial charge in [-0.25, -0.2) is 0 Å². The van der Waals surface area contributed by atoms with Crippen LogP contribution in [0, 0.1) is 0 Å². The summed E-state index contributed by atoms with van der Waals surface area (Å²) in [5, 5.41) is 13.9. The number of hydrogen-bond donors (Lipinski definition) is 1. The molecule has 0 saturated carbocycles. The number of rotatable bonds is 3. The SMILES string of the molecule is OCCc1cc(-c2ccc3ncccc3c2)no1. The van der Waals surface area contributed by atoms with E-state index in [1.165, 1.54) is 0 Å². The summed E-state index contributed by atoms with van der Waals surface area (Å²) in [4.78, 5) is 4.27. The van der Waals surface area contributed by atoms with Crippen molar-refractivity contribution in [1.82, 2.24) is 10.1 Å². The fourth-order valence-electron chi connectivity index (χ4n) is 1.91. The molecule has 3 aromatic rings. The van der Waals surface area contributed by atoms with E-state index < -0.39 is 0 Å². The number of nitrogens with zero attached hydrogens (tertiary/aromatic N) is 2. The summed E-state index contributed by atoms with van der Waals surface area (Å²) in [5.41, 5.74) is 2.73. The van der Waals surface area contributed by atoms with Gasteiger partial charge < -0.3 is 9.63 Å². The third-order valence-corrected chi connectivity index (χ3v) is 2.82. The van der Waals surface area contributed by atoms with Gasteiger partial charge in [0.1, 0.15) is 11.5 Å². The van der Waals surface area contributed by atoms with Gasteiger partial charge in [0.05, 0.1) is 12.1 Å². The van der Waals surface area contributed by atoms with Crippen LogP contribution in [-0.4, -0.2) is 21.9 Å². The molecule has 0 atom stereocenters. The molecule has 0 aliphatic rings. The van der Waals surface area contributed by atoms with Crippen molar-refractivity contribution in [3.05, 3.63) is 48.4 Å². The maximum atomic E-state index is 8.84. The molecule has 2 heterocycles. The van der Waals surface area contributed by atoms with E-state index in [0.29, 0.717) is 12.2 Å². The Hall–Kier alpha value is -2.20. The zero-order valence-corrected chi connectivity index (χ0v) is 9.71. The second-order valence-electron chi connectivity index (χ2n) is 4.06. The summed E-state index contributed by atoms with van der Waals surface area (Å²) in [7, 11) is 0. The molecule has 4 nitrogen and oxygen atoms in total. The topological polar surface area (TPSA) is 59.2 Å². The predicted octanol–water partition coefficient (Wildman–Crippen LogP) is 2.42. The number of hydrogen-bond acceptors (Lipinski definition) is 4. The van der Waals surface area contributed by atoms with Gasteiger partial charge in [0.25, 0.3) is 0 Å². The summed E-state index contributed by atoms with van der Waals surface area (Å²) in [6.45, 7) is 0.0657. The summed E-state index contributed by atoms with van der Waals surface area (Å²) in [5.74, 6) is 0.693. The first-order valence-corrected chi connectivity index (χ1v) is 5.78. The number of pyridine rings is 1. The average Bonchev–Trinajstić information content (AvgIpc) is 2.87. The van der Waals surface area contributed by atoms with Crippen molar-refractivity contribution >= 4 is 10.9 Å². The molecule has 0 bridgehead atoms. The second-order valence-corrected chi connectivity index (χ2v) is 4.06. The third kappa shape index (κ3) is 1.98. The van der Waals surface area contributed by atoms with Crippen LogP contribution in [0.4, 0.5) is 0 Å². The first-order chi connectivity index (χ1) is 8.86. The number of aromatic nitrogens is 2. The van der Waals surface area contributed by atoms with Gasteiger partial charge in [0.15, 0.2) is 0 Å². The Morgan fingerprint density at radius 1 is 1.17 bits per heavy atom. The number of benzene rings is 1. The Bertz CT molecular complexity index is 676. The number of fused-ring (bicyclic) bond motifs is 1. The molecule has 90 valence electrons. The molecule has 1 aromatic carbocycles. The third-order valence-electron chi connectivity index (χ3n) is 2.82. The molecular weight excluding hydrogens is 228 g/mol. The van der Waals surface area contributed by atoms with Gasteiger partial charge in [0, 0.05) is 29.6 Å². The van der Waals surface area contributed by atoms with E-state index in [1.54, 1.807) is 6.20 Å². The summed E-state index contributed by atoms with van der Waals surface area (Å²) in [6, 6.07) is 11.7. The van der Waals surface area contributed by atoms with Gasteiger partial charge in [-0.05, 0) is 18.2 Å². The first kappa shape index (κ1) is 10.9. The lowest BCUT2D eigenvalue weighted by molar-refractivity contribution is 0.277. The van der Waals surface area contributed by atoms with Gasteiger partial charge >= 0.3 is 0 Å². The van der Waals surface area contributed by atoms with E-state index >= 15 is 0 Å². The largest absolute Gasteiger partial charge is 0.396 e. The molecule has 0 radical (unpaired) electrons. The van der Waals surface area contributed by atoms with E-state index in [1.807, 2.05) is 36.4 Å². The molecule has 4 heteroatoms. The van der Waals surface area contributed by atoms with Crippen LogP contribution in [0.25, 0.3) is 22.2 Å². The van der Waals surface area contributed by atoms with Crippen molar-refractivity contribution in [2.24, 2.45) is 0 Å². The summed E-state index contributed by atoms with van der Waals surface area (Å²) >= 11 is 0. The van der Waals surface area contributed by atoms with Crippen LogP contribution >= 0.6 is 0 Å². The number of aliphatic hydroxyl groups is 1. The first-order valence-electron chi connectivity index (χ1n) is 5.78. The molecule has 0 aliphatic carbocycles. The molecule has 0 saturated heterocycles. The Morgan fingerprint density at radius 2 is 2.11 bits per heavy atom. The van der Waals surface area contributed by atoms with Crippen molar-refractivity contribution in [2.75, 3.05) is 6.61 Å². The minimum atomic E-state index is 0.0657. The van der Waals surface area contributed by atoms with Crippen molar-refractivity contribution in [3.8, 4) is 11.3 Å². The fraction of sp³-hybridized carbons (Fsp3) is 0.143. The monoisotopic (exact) mass is 240 g/mol. The van der Waals surface area contributed by atoms with Crippen LogP contribution in [0.15, 0.2) is 47.1 Å². The second kappa shape index (κ2) is 4.58. The van der Waals surface area contributed by atoms with E-state index in [2.05, 4.69) is 10.1 Å². The van der Waals surface area contributed by atoms with Crippen LogP contribution in [0.3, 0.4) is 0 Å². The normalized spacial score (nSPS) is 10.9. The summed E-state index contributed by atoms with van der Waals surface area (Å²) < 4.78 is 5.15. The molecule has 18 heavy (non-hydrogen) atoms. The standard InChI is InChI=1S/C14H12N2O2/c17-7-5-12-9-14(16-18-12)11-3-4-13-10(8-11)2-1-6-15-13/h1-4,6,8-9,17H,5,7H2. The van der Waals surface area contributed by atoms with Gasteiger partial charge in [-0.1, -0.05) is 17.3 Å². The van der Waals surface area contributed by atoms with Gasteiger partial charge in [-0.2, -0.15) is 0 Å². The Morgan fingerprint density at radius 3 is 3.00 bits per heavy atom. The predicted molar refractivity (Wildman–Crippen MR) is 68.0 cm³/mol. The molecule has 0 aliphatic heterocycles. The molecule has 0 amide bonds. The maximum absolute atomic E-state index is 8.84. The molecule has 1 N–H and O–H groups in total.